The van der Waals surface area contributed by atoms with Gasteiger partial charge in [0.15, 0.2) is 5.75 Å². The van der Waals surface area contributed by atoms with Gasteiger partial charge in [-0.25, -0.2) is 0 Å². The molecule has 0 saturated heterocycles. The monoisotopic (exact) mass is 256 g/mol. The van der Waals surface area contributed by atoms with Crippen LogP contribution in [0.2, 0.25) is 0 Å². The minimum Gasteiger partial charge on any atom is -0.505 e. The lowest BCUT2D eigenvalue weighted by molar-refractivity contribution is 0.102. The molecule has 2 rings (SSSR count). The van der Waals surface area contributed by atoms with Gasteiger partial charge >= 0.3 is 0 Å². The van der Waals surface area contributed by atoms with Crippen molar-refractivity contribution >= 4 is 17.3 Å². The minimum absolute atomic E-state index is 0.169. The van der Waals surface area contributed by atoms with E-state index in [1.165, 1.54) is 6.07 Å². The van der Waals surface area contributed by atoms with Gasteiger partial charge in [-0.05, 0) is 37.1 Å². The van der Waals surface area contributed by atoms with Crippen molar-refractivity contribution in [3.8, 4) is 5.75 Å². The number of para-hydroxylation sites is 2. The normalized spacial score (nSPS) is 10.2. The number of carbonyl (C=O) groups excluding carboxylic acids is 1. The van der Waals surface area contributed by atoms with Crippen LogP contribution < -0.4 is 11.1 Å². The van der Waals surface area contributed by atoms with E-state index in [0.717, 1.165) is 16.8 Å². The van der Waals surface area contributed by atoms with Crippen LogP contribution in [-0.4, -0.2) is 11.0 Å². The fourth-order valence-electron chi connectivity index (χ4n) is 1.94. The molecule has 1 amide bonds. The van der Waals surface area contributed by atoms with E-state index in [1.807, 2.05) is 32.0 Å². The zero-order valence-corrected chi connectivity index (χ0v) is 10.9. The molecular weight excluding hydrogens is 240 g/mol. The van der Waals surface area contributed by atoms with Crippen molar-refractivity contribution in [1.29, 1.82) is 0 Å². The lowest BCUT2D eigenvalue weighted by Crippen LogP contribution is -2.14. The van der Waals surface area contributed by atoms with Gasteiger partial charge in [-0.15, -0.1) is 0 Å². The number of phenolic OH excluding ortho intramolecular Hbond substituents is 1. The van der Waals surface area contributed by atoms with Crippen LogP contribution >= 0.6 is 0 Å². The summed E-state index contributed by atoms with van der Waals surface area (Å²) in [6.45, 7) is 3.84. The average molecular weight is 256 g/mol. The van der Waals surface area contributed by atoms with Gasteiger partial charge in [0.2, 0.25) is 0 Å². The average Bonchev–Trinajstić information content (AvgIpc) is 2.37. The van der Waals surface area contributed by atoms with E-state index >= 15 is 0 Å². The third-order valence-electron chi connectivity index (χ3n) is 3.03. The van der Waals surface area contributed by atoms with Gasteiger partial charge in [0.05, 0.1) is 11.3 Å². The van der Waals surface area contributed by atoms with Crippen molar-refractivity contribution in [2.45, 2.75) is 13.8 Å². The Morgan fingerprint density at radius 2 is 1.68 bits per heavy atom. The van der Waals surface area contributed by atoms with E-state index < -0.39 is 0 Å². The maximum absolute atomic E-state index is 12.2. The third-order valence-corrected chi connectivity index (χ3v) is 3.03. The summed E-state index contributed by atoms with van der Waals surface area (Å²) in [5.41, 5.74) is 8.64. The first-order valence-corrected chi connectivity index (χ1v) is 5.95. The molecule has 0 heterocycles. The molecular formula is C15H16N2O2. The molecule has 0 radical (unpaired) electrons. The van der Waals surface area contributed by atoms with Crippen LogP contribution in [-0.2, 0) is 0 Å². The summed E-state index contributed by atoms with van der Waals surface area (Å²) in [6, 6.07) is 10.5. The van der Waals surface area contributed by atoms with Crippen LogP contribution in [0, 0.1) is 13.8 Å². The summed E-state index contributed by atoms with van der Waals surface area (Å²) in [7, 11) is 0. The molecule has 0 aliphatic rings. The maximum Gasteiger partial charge on any atom is 0.259 e. The molecule has 4 nitrogen and oxygen atoms in total. The molecule has 19 heavy (non-hydrogen) atoms. The molecule has 0 bridgehead atoms. The van der Waals surface area contributed by atoms with Gasteiger partial charge in [0.25, 0.3) is 5.91 Å². The quantitative estimate of drug-likeness (QED) is 0.571. The molecule has 0 unspecified atom stereocenters. The van der Waals surface area contributed by atoms with Crippen molar-refractivity contribution in [1.82, 2.24) is 0 Å². The molecule has 0 aliphatic carbocycles. The molecule has 98 valence electrons. The molecule has 4 heteroatoms. The smallest absolute Gasteiger partial charge is 0.259 e. The van der Waals surface area contributed by atoms with Crippen LogP contribution in [0.4, 0.5) is 11.4 Å². The fourth-order valence-corrected chi connectivity index (χ4v) is 1.94. The second-order valence-electron chi connectivity index (χ2n) is 4.46. The molecule has 0 aromatic heterocycles. The molecule has 0 saturated carbocycles. The number of aryl methyl sites for hydroxylation is 2. The Bertz CT molecular complexity index is 616. The Labute approximate surface area is 111 Å². The zero-order chi connectivity index (χ0) is 14.0. The van der Waals surface area contributed by atoms with Gasteiger partial charge in [-0.1, -0.05) is 24.3 Å². The van der Waals surface area contributed by atoms with Crippen LogP contribution in [0.5, 0.6) is 5.75 Å². The number of amides is 1. The standard InChI is InChI=1S/C15H16N2O2/c1-9-5-3-6-10(2)13(9)17-15(19)11-7-4-8-12(16)14(11)18/h3-8,18H,16H2,1-2H3,(H,17,19). The summed E-state index contributed by atoms with van der Waals surface area (Å²) >= 11 is 0. The van der Waals surface area contributed by atoms with Crippen LogP contribution in [0.1, 0.15) is 21.5 Å². The number of phenols is 1. The first-order valence-electron chi connectivity index (χ1n) is 5.95. The van der Waals surface area contributed by atoms with Crippen molar-refractivity contribution < 1.29 is 9.90 Å². The van der Waals surface area contributed by atoms with Crippen LogP contribution in [0.3, 0.4) is 0 Å². The number of hydrogen-bond donors (Lipinski definition) is 3. The molecule has 0 spiro atoms. The van der Waals surface area contributed by atoms with Gasteiger partial charge in [0, 0.05) is 5.69 Å². The molecule has 4 N–H and O–H groups in total. The Hall–Kier alpha value is -2.49. The summed E-state index contributed by atoms with van der Waals surface area (Å²) in [5.74, 6) is -0.562. The highest BCUT2D eigenvalue weighted by Crippen LogP contribution is 2.26. The van der Waals surface area contributed by atoms with Crippen molar-refractivity contribution in [3.63, 3.8) is 0 Å². The van der Waals surface area contributed by atoms with E-state index in [-0.39, 0.29) is 22.9 Å². The van der Waals surface area contributed by atoms with Gasteiger partial charge in [-0.3, -0.25) is 4.79 Å². The third kappa shape index (κ3) is 2.52. The highest BCUT2D eigenvalue weighted by atomic mass is 16.3. The molecule has 0 fully saturated rings. The second kappa shape index (κ2) is 5.02. The maximum atomic E-state index is 12.2. The highest BCUT2D eigenvalue weighted by molar-refractivity contribution is 6.07. The number of nitrogens with two attached hydrogens (primary N) is 1. The Kier molecular flexibility index (Phi) is 3.42. The first kappa shape index (κ1) is 13.0. The highest BCUT2D eigenvalue weighted by Gasteiger charge is 2.14. The molecule has 0 aliphatic heterocycles. The van der Waals surface area contributed by atoms with E-state index in [1.54, 1.807) is 12.1 Å². The van der Waals surface area contributed by atoms with E-state index in [0.29, 0.717) is 0 Å². The lowest BCUT2D eigenvalue weighted by atomic mass is 10.1. The Morgan fingerprint density at radius 1 is 1.11 bits per heavy atom. The first-order chi connectivity index (χ1) is 9.00. The predicted octanol–water partition coefficient (Wildman–Crippen LogP) is 2.84. The van der Waals surface area contributed by atoms with E-state index in [2.05, 4.69) is 5.32 Å². The molecule has 2 aromatic rings. The lowest BCUT2D eigenvalue weighted by Gasteiger charge is -2.12. The fraction of sp³-hybridized carbons (Fsp3) is 0.133. The van der Waals surface area contributed by atoms with Crippen LogP contribution in [0.15, 0.2) is 36.4 Å². The number of nitrogen functional groups attached to an aromatic ring is 1. The number of aromatic hydroxyl groups is 1. The number of benzene rings is 2. The van der Waals surface area contributed by atoms with Gasteiger partial charge in [0.1, 0.15) is 0 Å². The summed E-state index contributed by atoms with van der Waals surface area (Å²) in [4.78, 5) is 12.2. The van der Waals surface area contributed by atoms with Crippen molar-refractivity contribution in [2.24, 2.45) is 0 Å². The summed E-state index contributed by atoms with van der Waals surface area (Å²) < 4.78 is 0. The van der Waals surface area contributed by atoms with Crippen molar-refractivity contribution in [3.05, 3.63) is 53.1 Å². The predicted molar refractivity (Wildman–Crippen MR) is 76.4 cm³/mol. The SMILES string of the molecule is Cc1cccc(C)c1NC(=O)c1cccc(N)c1O. The zero-order valence-electron chi connectivity index (χ0n) is 10.9. The Balaban J connectivity index is 2.34. The number of nitrogens with one attached hydrogen (secondary N) is 1. The Morgan fingerprint density at radius 3 is 2.32 bits per heavy atom. The molecule has 0 atom stereocenters. The number of rotatable bonds is 2. The van der Waals surface area contributed by atoms with Gasteiger partial charge < -0.3 is 16.2 Å². The summed E-state index contributed by atoms with van der Waals surface area (Å²) in [6.07, 6.45) is 0. The van der Waals surface area contributed by atoms with Gasteiger partial charge in [-0.2, -0.15) is 0 Å². The van der Waals surface area contributed by atoms with E-state index in [4.69, 9.17) is 5.73 Å². The second-order valence-corrected chi connectivity index (χ2v) is 4.46. The topological polar surface area (TPSA) is 75.4 Å². The largest absolute Gasteiger partial charge is 0.505 e. The summed E-state index contributed by atoms with van der Waals surface area (Å²) in [5, 5.41) is 12.6. The van der Waals surface area contributed by atoms with E-state index in [9.17, 15) is 9.90 Å². The number of hydrogen-bond acceptors (Lipinski definition) is 3. The molecule has 2 aromatic carbocycles. The minimum atomic E-state index is -0.373. The van der Waals surface area contributed by atoms with Crippen LogP contribution in [0.25, 0.3) is 0 Å². The number of carbonyl (C=O) groups is 1. The number of anilines is 2. The van der Waals surface area contributed by atoms with Crippen molar-refractivity contribution in [2.75, 3.05) is 11.1 Å².